The minimum Gasteiger partial charge on any atom is -0.371 e. The Morgan fingerprint density at radius 2 is 1.89 bits per heavy atom. The van der Waals surface area contributed by atoms with E-state index >= 15 is 0 Å². The molecule has 0 aromatic heterocycles. The topological polar surface area (TPSA) is 24.4 Å². The molecule has 0 saturated heterocycles. The van der Waals surface area contributed by atoms with Gasteiger partial charge in [-0.1, -0.05) is 30.7 Å². The standard InChI is InChI=1S/C16H22N2/c1-2-8-16(17-11-5-1)18-15-10-9-13-6-3-4-7-14(13)12-15/h3-4,6-7,15H,1-2,5,8-12H2,(H,17,18). The fourth-order valence-electron chi connectivity index (χ4n) is 3.05. The third kappa shape index (κ3) is 2.74. The molecule has 1 heterocycles. The molecule has 2 aliphatic rings. The lowest BCUT2D eigenvalue weighted by Gasteiger charge is -2.26. The first-order chi connectivity index (χ1) is 8.92. The van der Waals surface area contributed by atoms with E-state index in [0.29, 0.717) is 6.04 Å². The second-order valence-corrected chi connectivity index (χ2v) is 5.49. The van der Waals surface area contributed by atoms with Crippen LogP contribution in [0.5, 0.6) is 0 Å². The maximum atomic E-state index is 4.68. The quantitative estimate of drug-likeness (QED) is 0.804. The average molecular weight is 242 g/mol. The van der Waals surface area contributed by atoms with E-state index in [-0.39, 0.29) is 0 Å². The van der Waals surface area contributed by atoms with Crippen molar-refractivity contribution in [2.45, 2.75) is 51.0 Å². The van der Waals surface area contributed by atoms with Gasteiger partial charge in [-0.3, -0.25) is 4.99 Å². The summed E-state index contributed by atoms with van der Waals surface area (Å²) in [5.74, 6) is 1.26. The number of amidine groups is 1. The molecule has 2 heteroatoms. The van der Waals surface area contributed by atoms with E-state index in [4.69, 9.17) is 0 Å². The zero-order chi connectivity index (χ0) is 12.2. The monoisotopic (exact) mass is 242 g/mol. The maximum Gasteiger partial charge on any atom is 0.0965 e. The highest BCUT2D eigenvalue weighted by atomic mass is 15.0. The molecule has 0 saturated carbocycles. The third-order valence-electron chi connectivity index (χ3n) is 4.09. The molecule has 0 bridgehead atoms. The summed E-state index contributed by atoms with van der Waals surface area (Å²) in [5, 5.41) is 3.69. The SMILES string of the molecule is c1ccc2c(c1)CCC(NC1=NCCCCC1)C2. The van der Waals surface area contributed by atoms with Crippen molar-refractivity contribution in [3.05, 3.63) is 35.4 Å². The van der Waals surface area contributed by atoms with Crippen molar-refractivity contribution in [1.29, 1.82) is 0 Å². The van der Waals surface area contributed by atoms with Crippen LogP contribution >= 0.6 is 0 Å². The highest BCUT2D eigenvalue weighted by molar-refractivity contribution is 5.82. The normalized spacial score (nSPS) is 23.8. The van der Waals surface area contributed by atoms with Gasteiger partial charge >= 0.3 is 0 Å². The number of aryl methyl sites for hydroxylation is 1. The van der Waals surface area contributed by atoms with Gasteiger partial charge in [0, 0.05) is 19.0 Å². The fraction of sp³-hybridized carbons (Fsp3) is 0.562. The smallest absolute Gasteiger partial charge is 0.0965 e. The Balaban J connectivity index is 1.64. The second-order valence-electron chi connectivity index (χ2n) is 5.49. The molecular formula is C16H22N2. The van der Waals surface area contributed by atoms with Gasteiger partial charge in [0.2, 0.25) is 0 Å². The van der Waals surface area contributed by atoms with Gasteiger partial charge in [-0.15, -0.1) is 0 Å². The van der Waals surface area contributed by atoms with Gasteiger partial charge in [-0.2, -0.15) is 0 Å². The Bertz CT molecular complexity index is 436. The number of rotatable bonds is 1. The van der Waals surface area contributed by atoms with Gasteiger partial charge in [0.05, 0.1) is 5.84 Å². The van der Waals surface area contributed by atoms with Gasteiger partial charge in [0.1, 0.15) is 0 Å². The van der Waals surface area contributed by atoms with Gasteiger partial charge in [0.25, 0.3) is 0 Å². The molecule has 1 aromatic rings. The van der Waals surface area contributed by atoms with Crippen LogP contribution in [0.2, 0.25) is 0 Å². The molecule has 96 valence electrons. The lowest BCUT2D eigenvalue weighted by Crippen LogP contribution is -2.38. The van der Waals surface area contributed by atoms with E-state index in [9.17, 15) is 0 Å². The Hall–Kier alpha value is -1.31. The minimum atomic E-state index is 0.594. The van der Waals surface area contributed by atoms with Gasteiger partial charge in [-0.05, 0) is 43.2 Å². The van der Waals surface area contributed by atoms with Crippen molar-refractivity contribution in [2.24, 2.45) is 4.99 Å². The van der Waals surface area contributed by atoms with Crippen molar-refractivity contribution in [1.82, 2.24) is 5.32 Å². The van der Waals surface area contributed by atoms with E-state index in [2.05, 4.69) is 34.6 Å². The molecule has 1 unspecified atom stereocenters. The first kappa shape index (κ1) is 11.8. The van der Waals surface area contributed by atoms with Crippen LogP contribution in [0.25, 0.3) is 0 Å². The van der Waals surface area contributed by atoms with Gasteiger partial charge < -0.3 is 5.32 Å². The lowest BCUT2D eigenvalue weighted by molar-refractivity contribution is 0.524. The summed E-state index contributed by atoms with van der Waals surface area (Å²) in [4.78, 5) is 4.68. The van der Waals surface area contributed by atoms with Gasteiger partial charge in [0.15, 0.2) is 0 Å². The van der Waals surface area contributed by atoms with E-state index < -0.39 is 0 Å². The molecule has 0 amide bonds. The Morgan fingerprint density at radius 1 is 1.00 bits per heavy atom. The van der Waals surface area contributed by atoms with Gasteiger partial charge in [-0.25, -0.2) is 0 Å². The number of hydrogen-bond acceptors (Lipinski definition) is 2. The van der Waals surface area contributed by atoms with Crippen molar-refractivity contribution in [3.8, 4) is 0 Å². The summed E-state index contributed by atoms with van der Waals surface area (Å²) >= 11 is 0. The van der Waals surface area contributed by atoms with Crippen molar-refractivity contribution >= 4 is 5.84 Å². The van der Waals surface area contributed by atoms with Crippen LogP contribution in [0.3, 0.4) is 0 Å². The molecule has 0 radical (unpaired) electrons. The molecule has 1 N–H and O–H groups in total. The van der Waals surface area contributed by atoms with Crippen molar-refractivity contribution < 1.29 is 0 Å². The lowest BCUT2D eigenvalue weighted by atomic mass is 9.88. The summed E-state index contributed by atoms with van der Waals surface area (Å²) in [5.41, 5.74) is 3.06. The number of nitrogens with one attached hydrogen (secondary N) is 1. The van der Waals surface area contributed by atoms with Crippen LogP contribution < -0.4 is 5.32 Å². The fourth-order valence-corrected chi connectivity index (χ4v) is 3.05. The Labute approximate surface area is 110 Å². The van der Waals surface area contributed by atoms with Crippen LogP contribution in [0.4, 0.5) is 0 Å². The van der Waals surface area contributed by atoms with Crippen LogP contribution in [0.1, 0.15) is 43.2 Å². The van der Waals surface area contributed by atoms with Crippen LogP contribution in [-0.4, -0.2) is 18.4 Å². The third-order valence-corrected chi connectivity index (χ3v) is 4.09. The number of hydrogen-bond donors (Lipinski definition) is 1. The Kier molecular flexibility index (Phi) is 3.63. The van der Waals surface area contributed by atoms with Crippen LogP contribution in [0.15, 0.2) is 29.3 Å². The number of nitrogens with zero attached hydrogens (tertiary/aromatic N) is 1. The second kappa shape index (κ2) is 5.55. The van der Waals surface area contributed by atoms with Crippen molar-refractivity contribution in [2.75, 3.05) is 6.54 Å². The predicted molar refractivity (Wildman–Crippen MR) is 76.2 cm³/mol. The van der Waals surface area contributed by atoms with Crippen LogP contribution in [0, 0.1) is 0 Å². The van der Waals surface area contributed by atoms with Crippen LogP contribution in [-0.2, 0) is 12.8 Å². The van der Waals surface area contributed by atoms with E-state index in [1.54, 1.807) is 5.56 Å². The molecule has 0 fully saturated rings. The summed E-state index contributed by atoms with van der Waals surface area (Å²) in [6.45, 7) is 1.02. The number of aliphatic imine (C=N–C) groups is 1. The molecule has 3 rings (SSSR count). The molecule has 1 atom stereocenters. The summed E-state index contributed by atoms with van der Waals surface area (Å²) in [7, 11) is 0. The highest BCUT2D eigenvalue weighted by Gasteiger charge is 2.19. The van der Waals surface area contributed by atoms with Crippen molar-refractivity contribution in [3.63, 3.8) is 0 Å². The largest absolute Gasteiger partial charge is 0.371 e. The Morgan fingerprint density at radius 3 is 2.83 bits per heavy atom. The average Bonchev–Trinajstić information content (AvgIpc) is 2.67. The molecule has 1 aromatic carbocycles. The molecular weight excluding hydrogens is 220 g/mol. The zero-order valence-corrected chi connectivity index (χ0v) is 11.0. The molecule has 0 spiro atoms. The summed E-state index contributed by atoms with van der Waals surface area (Å²) < 4.78 is 0. The molecule has 2 nitrogen and oxygen atoms in total. The van der Waals surface area contributed by atoms with E-state index in [0.717, 1.165) is 19.4 Å². The zero-order valence-electron chi connectivity index (χ0n) is 11.0. The predicted octanol–water partition coefficient (Wildman–Crippen LogP) is 3.11. The van der Waals surface area contributed by atoms with E-state index in [1.165, 1.54) is 43.5 Å². The van der Waals surface area contributed by atoms with E-state index in [1.807, 2.05) is 0 Å². The first-order valence-electron chi connectivity index (χ1n) is 7.28. The maximum absolute atomic E-state index is 4.68. The molecule has 18 heavy (non-hydrogen) atoms. The molecule has 1 aliphatic heterocycles. The minimum absolute atomic E-state index is 0.594. The summed E-state index contributed by atoms with van der Waals surface area (Å²) in [6.07, 6.45) is 8.67. The highest BCUT2D eigenvalue weighted by Crippen LogP contribution is 2.21. The number of benzene rings is 1. The first-order valence-corrected chi connectivity index (χ1v) is 7.28. The number of fused-ring (bicyclic) bond motifs is 1. The molecule has 1 aliphatic carbocycles. The summed E-state index contributed by atoms with van der Waals surface area (Å²) in [6, 6.07) is 9.45.